The van der Waals surface area contributed by atoms with E-state index in [0.29, 0.717) is 5.69 Å². The molecule has 0 unspecified atom stereocenters. The Labute approximate surface area is 112 Å². The van der Waals surface area contributed by atoms with Gasteiger partial charge in [-0.3, -0.25) is 0 Å². The molecule has 0 aliphatic carbocycles. The molecule has 1 aromatic rings. The maximum absolute atomic E-state index is 11.8. The number of alkyl halides is 3. The summed E-state index contributed by atoms with van der Waals surface area (Å²) < 4.78 is 44.8. The minimum atomic E-state index is -4.35. The number of rotatable bonds is 5. The highest BCUT2D eigenvalue weighted by molar-refractivity contribution is 6.37. The number of nitrogen functional groups attached to an aromatic ring is 1. The molecule has 0 amide bonds. The van der Waals surface area contributed by atoms with E-state index in [1.807, 2.05) is 0 Å². The van der Waals surface area contributed by atoms with Crippen LogP contribution in [0.2, 0.25) is 10.0 Å². The number of nitrogens with two attached hydrogens (primary N) is 1. The third-order valence-electron chi connectivity index (χ3n) is 1.76. The van der Waals surface area contributed by atoms with Gasteiger partial charge in [-0.2, -0.15) is 13.2 Å². The van der Waals surface area contributed by atoms with Crippen LogP contribution in [0.3, 0.4) is 0 Å². The SMILES string of the molecule is Nc1cc(Cl)c(OCCOCC(F)(F)F)c(Cl)c1. The van der Waals surface area contributed by atoms with E-state index in [9.17, 15) is 13.2 Å². The second-order valence-electron chi connectivity index (χ2n) is 3.33. The van der Waals surface area contributed by atoms with Crippen molar-refractivity contribution in [1.29, 1.82) is 0 Å². The molecule has 102 valence electrons. The van der Waals surface area contributed by atoms with Gasteiger partial charge in [-0.1, -0.05) is 23.2 Å². The second-order valence-corrected chi connectivity index (χ2v) is 4.14. The fourth-order valence-electron chi connectivity index (χ4n) is 1.11. The lowest BCUT2D eigenvalue weighted by molar-refractivity contribution is -0.175. The lowest BCUT2D eigenvalue weighted by Crippen LogP contribution is -2.19. The minimum absolute atomic E-state index is 0.0978. The molecule has 0 spiro atoms. The smallest absolute Gasteiger partial charge is 0.411 e. The predicted molar refractivity (Wildman–Crippen MR) is 63.2 cm³/mol. The van der Waals surface area contributed by atoms with Gasteiger partial charge in [0, 0.05) is 5.69 Å². The fourth-order valence-corrected chi connectivity index (χ4v) is 1.72. The molecular weight excluding hydrogens is 294 g/mol. The summed E-state index contributed by atoms with van der Waals surface area (Å²) >= 11 is 11.6. The van der Waals surface area contributed by atoms with E-state index in [1.165, 1.54) is 12.1 Å². The van der Waals surface area contributed by atoms with Crippen LogP contribution in [0.1, 0.15) is 0 Å². The molecule has 1 aromatic carbocycles. The first-order chi connectivity index (χ1) is 8.29. The highest BCUT2D eigenvalue weighted by Gasteiger charge is 2.27. The topological polar surface area (TPSA) is 44.5 Å². The van der Waals surface area contributed by atoms with Crippen LogP contribution in [0, 0.1) is 0 Å². The molecular formula is C10H10Cl2F3NO2. The number of benzene rings is 1. The van der Waals surface area contributed by atoms with Gasteiger partial charge < -0.3 is 15.2 Å². The molecule has 0 aromatic heterocycles. The van der Waals surface area contributed by atoms with Gasteiger partial charge in [0.2, 0.25) is 0 Å². The molecule has 3 nitrogen and oxygen atoms in total. The normalized spacial score (nSPS) is 11.6. The highest BCUT2D eigenvalue weighted by Crippen LogP contribution is 2.34. The lowest BCUT2D eigenvalue weighted by atomic mass is 10.3. The van der Waals surface area contributed by atoms with E-state index in [0.717, 1.165) is 0 Å². The molecule has 8 heteroatoms. The summed E-state index contributed by atoms with van der Waals surface area (Å²) in [5, 5.41) is 0.381. The van der Waals surface area contributed by atoms with Crippen LogP contribution in [-0.2, 0) is 4.74 Å². The predicted octanol–water partition coefficient (Wildman–Crippen LogP) is 3.53. The number of halogens is 5. The van der Waals surface area contributed by atoms with Crippen molar-refractivity contribution in [3.05, 3.63) is 22.2 Å². The Hall–Kier alpha value is -0.850. The van der Waals surface area contributed by atoms with Gasteiger partial charge >= 0.3 is 6.18 Å². The molecule has 0 saturated heterocycles. The maximum Gasteiger partial charge on any atom is 0.411 e. The van der Waals surface area contributed by atoms with Gasteiger partial charge in [-0.05, 0) is 12.1 Å². The zero-order chi connectivity index (χ0) is 13.8. The molecule has 0 bridgehead atoms. The van der Waals surface area contributed by atoms with E-state index >= 15 is 0 Å². The highest BCUT2D eigenvalue weighted by atomic mass is 35.5. The number of anilines is 1. The third-order valence-corrected chi connectivity index (χ3v) is 2.32. The van der Waals surface area contributed by atoms with E-state index in [4.69, 9.17) is 33.7 Å². The van der Waals surface area contributed by atoms with Gasteiger partial charge in [0.15, 0.2) is 5.75 Å². The Morgan fingerprint density at radius 3 is 2.17 bits per heavy atom. The van der Waals surface area contributed by atoms with Crippen molar-refractivity contribution in [2.45, 2.75) is 6.18 Å². The average Bonchev–Trinajstić information content (AvgIpc) is 2.19. The van der Waals surface area contributed by atoms with Crippen molar-refractivity contribution in [2.24, 2.45) is 0 Å². The Morgan fingerprint density at radius 1 is 1.11 bits per heavy atom. The standard InChI is InChI=1S/C10H10Cl2F3NO2/c11-7-3-6(16)4-8(12)9(7)18-2-1-17-5-10(13,14)15/h3-4H,1-2,5,16H2. The van der Waals surface area contributed by atoms with Crippen LogP contribution >= 0.6 is 23.2 Å². The first-order valence-electron chi connectivity index (χ1n) is 4.81. The summed E-state index contributed by atoms with van der Waals surface area (Å²) in [4.78, 5) is 0. The van der Waals surface area contributed by atoms with Gasteiger partial charge in [-0.15, -0.1) is 0 Å². The molecule has 2 N–H and O–H groups in total. The number of hydrogen-bond donors (Lipinski definition) is 1. The molecule has 0 heterocycles. The van der Waals surface area contributed by atoms with Gasteiger partial charge in [0.05, 0.1) is 16.7 Å². The molecule has 18 heavy (non-hydrogen) atoms. The molecule has 0 saturated carbocycles. The monoisotopic (exact) mass is 303 g/mol. The summed E-state index contributed by atoms with van der Waals surface area (Å²) in [6, 6.07) is 2.86. The summed E-state index contributed by atoms with van der Waals surface area (Å²) in [6.45, 7) is -1.64. The summed E-state index contributed by atoms with van der Waals surface area (Å²) in [6.07, 6.45) is -4.35. The Balaban J connectivity index is 2.41. The number of hydrogen-bond acceptors (Lipinski definition) is 3. The Bertz CT molecular complexity index is 390. The van der Waals surface area contributed by atoms with E-state index in [1.54, 1.807) is 0 Å². The Morgan fingerprint density at radius 2 is 1.67 bits per heavy atom. The van der Waals surface area contributed by atoms with Crippen LogP contribution < -0.4 is 10.5 Å². The molecule has 0 aliphatic heterocycles. The quantitative estimate of drug-likeness (QED) is 0.668. The Kier molecular flexibility index (Phi) is 5.37. The molecule has 1 rings (SSSR count). The number of ether oxygens (including phenoxy) is 2. The van der Waals surface area contributed by atoms with Crippen molar-refractivity contribution in [3.8, 4) is 5.75 Å². The summed E-state index contributed by atoms with van der Waals surface area (Å²) in [5.41, 5.74) is 5.84. The summed E-state index contributed by atoms with van der Waals surface area (Å²) in [5.74, 6) is 0.170. The zero-order valence-electron chi connectivity index (χ0n) is 9.06. The van der Waals surface area contributed by atoms with Crippen molar-refractivity contribution in [2.75, 3.05) is 25.6 Å². The molecule has 0 aliphatic rings. The van der Waals surface area contributed by atoms with Crippen LogP contribution in [0.5, 0.6) is 5.75 Å². The van der Waals surface area contributed by atoms with Crippen molar-refractivity contribution >= 4 is 28.9 Å². The molecule has 0 atom stereocenters. The van der Waals surface area contributed by atoms with Crippen molar-refractivity contribution in [1.82, 2.24) is 0 Å². The summed E-state index contributed by atoms with van der Waals surface area (Å²) in [7, 11) is 0. The largest absolute Gasteiger partial charge is 0.488 e. The molecule has 0 fully saturated rings. The minimum Gasteiger partial charge on any atom is -0.488 e. The second kappa shape index (κ2) is 6.36. The fraction of sp³-hybridized carbons (Fsp3) is 0.400. The van der Waals surface area contributed by atoms with E-state index < -0.39 is 12.8 Å². The average molecular weight is 304 g/mol. The van der Waals surface area contributed by atoms with Gasteiger partial charge in [0.25, 0.3) is 0 Å². The van der Waals surface area contributed by atoms with Crippen molar-refractivity contribution < 1.29 is 22.6 Å². The van der Waals surface area contributed by atoms with Crippen LogP contribution in [0.15, 0.2) is 12.1 Å². The van der Waals surface area contributed by atoms with E-state index in [2.05, 4.69) is 4.74 Å². The van der Waals surface area contributed by atoms with Crippen LogP contribution in [0.4, 0.5) is 18.9 Å². The van der Waals surface area contributed by atoms with Gasteiger partial charge in [-0.25, -0.2) is 0 Å². The van der Waals surface area contributed by atoms with E-state index in [-0.39, 0.29) is 29.0 Å². The lowest BCUT2D eigenvalue weighted by Gasteiger charge is -2.11. The first-order valence-corrected chi connectivity index (χ1v) is 5.57. The first kappa shape index (κ1) is 15.2. The maximum atomic E-state index is 11.8. The molecule has 0 radical (unpaired) electrons. The third kappa shape index (κ3) is 5.20. The van der Waals surface area contributed by atoms with Crippen LogP contribution in [-0.4, -0.2) is 26.0 Å². The van der Waals surface area contributed by atoms with Crippen LogP contribution in [0.25, 0.3) is 0 Å². The van der Waals surface area contributed by atoms with Crippen molar-refractivity contribution in [3.63, 3.8) is 0 Å². The van der Waals surface area contributed by atoms with Gasteiger partial charge in [0.1, 0.15) is 13.2 Å². The zero-order valence-corrected chi connectivity index (χ0v) is 10.6.